The molecule has 0 saturated heterocycles. The van der Waals surface area contributed by atoms with Crippen LogP contribution in [0.1, 0.15) is 30.7 Å². The normalized spacial score (nSPS) is 11.9. The van der Waals surface area contributed by atoms with Gasteiger partial charge in [-0.25, -0.2) is 4.98 Å². The third-order valence-corrected chi connectivity index (χ3v) is 3.81. The quantitative estimate of drug-likeness (QED) is 0.624. The fourth-order valence-electron chi connectivity index (χ4n) is 2.46. The SMILES string of the molecule is CC(CC(=O)OCc1ncc(-c2ccccc2)o1)c1ccccc1. The summed E-state index contributed by atoms with van der Waals surface area (Å²) in [6.07, 6.45) is 1.97. The highest BCUT2D eigenvalue weighted by Crippen LogP contribution is 2.21. The molecule has 0 spiro atoms. The maximum absolute atomic E-state index is 12.0. The van der Waals surface area contributed by atoms with Crippen LogP contribution in [0.4, 0.5) is 0 Å². The number of ether oxygens (including phenoxy) is 1. The molecular weight excluding hydrogens is 302 g/mol. The van der Waals surface area contributed by atoms with E-state index in [-0.39, 0.29) is 18.5 Å². The zero-order chi connectivity index (χ0) is 16.8. The second kappa shape index (κ2) is 7.59. The fraction of sp³-hybridized carbons (Fsp3) is 0.200. The molecule has 1 aromatic heterocycles. The topological polar surface area (TPSA) is 52.3 Å². The Balaban J connectivity index is 1.53. The van der Waals surface area contributed by atoms with Gasteiger partial charge in [-0.3, -0.25) is 4.79 Å². The Bertz CT molecular complexity index is 781. The third-order valence-electron chi connectivity index (χ3n) is 3.81. The van der Waals surface area contributed by atoms with Gasteiger partial charge in [-0.05, 0) is 11.5 Å². The summed E-state index contributed by atoms with van der Waals surface area (Å²) in [4.78, 5) is 16.1. The third kappa shape index (κ3) is 4.10. The number of oxazole rings is 1. The highest BCUT2D eigenvalue weighted by molar-refractivity contribution is 5.70. The summed E-state index contributed by atoms with van der Waals surface area (Å²) in [5, 5.41) is 0. The first-order valence-electron chi connectivity index (χ1n) is 7.93. The molecule has 4 nitrogen and oxygen atoms in total. The molecule has 4 heteroatoms. The highest BCUT2D eigenvalue weighted by Gasteiger charge is 2.14. The van der Waals surface area contributed by atoms with Crippen LogP contribution in [0.15, 0.2) is 71.3 Å². The number of hydrogen-bond donors (Lipinski definition) is 0. The Morgan fingerprint density at radius 1 is 1.08 bits per heavy atom. The first-order valence-corrected chi connectivity index (χ1v) is 7.93. The van der Waals surface area contributed by atoms with Gasteiger partial charge in [0.1, 0.15) is 0 Å². The maximum atomic E-state index is 12.0. The van der Waals surface area contributed by atoms with Crippen LogP contribution in [0, 0.1) is 0 Å². The van der Waals surface area contributed by atoms with Crippen molar-refractivity contribution in [1.82, 2.24) is 4.98 Å². The largest absolute Gasteiger partial charge is 0.456 e. The lowest BCUT2D eigenvalue weighted by atomic mass is 9.98. The van der Waals surface area contributed by atoms with Crippen LogP contribution < -0.4 is 0 Å². The fourth-order valence-corrected chi connectivity index (χ4v) is 2.46. The van der Waals surface area contributed by atoms with Crippen molar-refractivity contribution < 1.29 is 13.9 Å². The number of nitrogens with zero attached hydrogens (tertiary/aromatic N) is 1. The van der Waals surface area contributed by atoms with Crippen LogP contribution in [0.5, 0.6) is 0 Å². The van der Waals surface area contributed by atoms with Gasteiger partial charge in [0, 0.05) is 5.56 Å². The number of carbonyl (C=O) groups excluding carboxylic acids is 1. The first-order chi connectivity index (χ1) is 11.7. The van der Waals surface area contributed by atoms with E-state index < -0.39 is 0 Å². The van der Waals surface area contributed by atoms with Gasteiger partial charge in [0.25, 0.3) is 0 Å². The maximum Gasteiger partial charge on any atom is 0.306 e. The standard InChI is InChI=1S/C20H19NO3/c1-15(16-8-4-2-5-9-16)12-20(22)23-14-19-21-13-18(24-19)17-10-6-3-7-11-17/h2-11,13,15H,12,14H2,1H3. The highest BCUT2D eigenvalue weighted by atomic mass is 16.5. The van der Waals surface area contributed by atoms with E-state index in [0.717, 1.165) is 11.1 Å². The second-order valence-electron chi connectivity index (χ2n) is 5.66. The van der Waals surface area contributed by atoms with Crippen LogP contribution in [-0.2, 0) is 16.1 Å². The van der Waals surface area contributed by atoms with Crippen molar-refractivity contribution >= 4 is 5.97 Å². The first kappa shape index (κ1) is 16.0. The monoisotopic (exact) mass is 321 g/mol. The molecule has 0 aliphatic heterocycles. The van der Waals surface area contributed by atoms with E-state index >= 15 is 0 Å². The lowest BCUT2D eigenvalue weighted by Gasteiger charge is -2.10. The minimum atomic E-state index is -0.259. The van der Waals surface area contributed by atoms with Crippen LogP contribution in [-0.4, -0.2) is 11.0 Å². The Kier molecular flexibility index (Phi) is 5.06. The molecule has 2 aromatic carbocycles. The molecule has 1 unspecified atom stereocenters. The van der Waals surface area contributed by atoms with Gasteiger partial charge < -0.3 is 9.15 Å². The molecule has 1 atom stereocenters. The van der Waals surface area contributed by atoms with Crippen LogP contribution in [0.25, 0.3) is 11.3 Å². The molecule has 0 aliphatic rings. The molecule has 0 bridgehead atoms. The van der Waals surface area contributed by atoms with E-state index in [1.165, 1.54) is 0 Å². The number of hydrogen-bond acceptors (Lipinski definition) is 4. The van der Waals surface area contributed by atoms with Gasteiger partial charge >= 0.3 is 5.97 Å². The van der Waals surface area contributed by atoms with Crippen LogP contribution >= 0.6 is 0 Å². The molecule has 0 N–H and O–H groups in total. The summed E-state index contributed by atoms with van der Waals surface area (Å²) in [5.74, 6) is 0.919. The number of rotatable bonds is 6. The zero-order valence-electron chi connectivity index (χ0n) is 13.5. The van der Waals surface area contributed by atoms with E-state index in [2.05, 4.69) is 4.98 Å². The van der Waals surface area contributed by atoms with E-state index in [9.17, 15) is 4.79 Å². The van der Waals surface area contributed by atoms with Gasteiger partial charge in [0.05, 0.1) is 12.6 Å². The summed E-state index contributed by atoms with van der Waals surface area (Å²) in [5.41, 5.74) is 2.07. The van der Waals surface area contributed by atoms with Gasteiger partial charge in [-0.1, -0.05) is 67.6 Å². The molecule has 0 amide bonds. The molecule has 3 rings (SSSR count). The van der Waals surface area contributed by atoms with E-state index in [1.807, 2.05) is 67.6 Å². The minimum absolute atomic E-state index is 0.0488. The van der Waals surface area contributed by atoms with Crippen molar-refractivity contribution in [2.75, 3.05) is 0 Å². The minimum Gasteiger partial charge on any atom is -0.456 e. The molecule has 0 radical (unpaired) electrons. The Hall–Kier alpha value is -2.88. The van der Waals surface area contributed by atoms with Crippen LogP contribution in [0.3, 0.4) is 0 Å². The van der Waals surface area contributed by atoms with E-state index in [1.54, 1.807) is 6.20 Å². The van der Waals surface area contributed by atoms with Gasteiger partial charge in [-0.15, -0.1) is 0 Å². The van der Waals surface area contributed by atoms with Crippen molar-refractivity contribution in [2.45, 2.75) is 25.9 Å². The number of aromatic nitrogens is 1. The zero-order valence-corrected chi connectivity index (χ0v) is 13.5. The predicted octanol–water partition coefficient (Wildman–Crippen LogP) is 4.58. The summed E-state index contributed by atoms with van der Waals surface area (Å²) < 4.78 is 10.9. The van der Waals surface area contributed by atoms with Crippen LogP contribution in [0.2, 0.25) is 0 Å². The number of benzene rings is 2. The Morgan fingerprint density at radius 3 is 2.46 bits per heavy atom. The summed E-state index contributed by atoms with van der Waals surface area (Å²) >= 11 is 0. The predicted molar refractivity (Wildman–Crippen MR) is 91.2 cm³/mol. The second-order valence-corrected chi connectivity index (χ2v) is 5.66. The Morgan fingerprint density at radius 2 is 1.75 bits per heavy atom. The summed E-state index contributed by atoms with van der Waals surface area (Å²) in [7, 11) is 0. The van der Waals surface area contributed by atoms with E-state index in [0.29, 0.717) is 18.1 Å². The molecular formula is C20H19NO3. The molecule has 3 aromatic rings. The molecule has 0 saturated carbocycles. The number of carbonyl (C=O) groups is 1. The average Bonchev–Trinajstić information content (AvgIpc) is 3.10. The Labute approximate surface area is 141 Å². The number of esters is 1. The lowest BCUT2D eigenvalue weighted by molar-refractivity contribution is -0.146. The van der Waals surface area contributed by atoms with Gasteiger partial charge in [-0.2, -0.15) is 0 Å². The van der Waals surface area contributed by atoms with Crippen molar-refractivity contribution in [3.63, 3.8) is 0 Å². The van der Waals surface area contributed by atoms with Crippen molar-refractivity contribution in [3.8, 4) is 11.3 Å². The van der Waals surface area contributed by atoms with E-state index in [4.69, 9.17) is 9.15 Å². The lowest BCUT2D eigenvalue weighted by Crippen LogP contribution is -2.08. The smallest absolute Gasteiger partial charge is 0.306 e. The molecule has 122 valence electrons. The van der Waals surface area contributed by atoms with Gasteiger partial charge in [0.2, 0.25) is 5.89 Å². The molecule has 0 aliphatic carbocycles. The average molecular weight is 321 g/mol. The molecule has 24 heavy (non-hydrogen) atoms. The summed E-state index contributed by atoms with van der Waals surface area (Å²) in [6, 6.07) is 19.6. The van der Waals surface area contributed by atoms with Crippen molar-refractivity contribution in [3.05, 3.63) is 78.3 Å². The van der Waals surface area contributed by atoms with Crippen molar-refractivity contribution in [2.24, 2.45) is 0 Å². The molecule has 1 heterocycles. The van der Waals surface area contributed by atoms with Crippen molar-refractivity contribution in [1.29, 1.82) is 0 Å². The van der Waals surface area contributed by atoms with Gasteiger partial charge in [0.15, 0.2) is 12.4 Å². The summed E-state index contributed by atoms with van der Waals surface area (Å²) in [6.45, 7) is 2.06. The molecule has 0 fully saturated rings.